The standard InChI is InChI=1S/C17H13Cl2FN4O2S/c1-23(17(25)26)9-11-7-16(27-12-3-5-15(19)21-8-12)24(22-11)14-6-10(20)2-4-13(14)18/h2-8H,9H2,1H3,(H,25,26). The van der Waals surface area contributed by atoms with Crippen LogP contribution in [0.25, 0.3) is 5.69 Å². The molecule has 1 amide bonds. The van der Waals surface area contributed by atoms with Gasteiger partial charge in [-0.05, 0) is 30.3 Å². The van der Waals surface area contributed by atoms with Crippen molar-refractivity contribution in [3.63, 3.8) is 0 Å². The first kappa shape index (κ1) is 19.5. The Kier molecular flexibility index (Phi) is 5.88. The molecule has 0 aliphatic heterocycles. The summed E-state index contributed by atoms with van der Waals surface area (Å²) in [5.41, 5.74) is 0.843. The molecule has 0 spiro atoms. The molecule has 0 unspecified atom stereocenters. The molecule has 0 aliphatic carbocycles. The van der Waals surface area contributed by atoms with Gasteiger partial charge in [0.15, 0.2) is 0 Å². The molecule has 0 atom stereocenters. The predicted molar refractivity (Wildman–Crippen MR) is 101 cm³/mol. The Balaban J connectivity index is 2.03. The van der Waals surface area contributed by atoms with Crippen LogP contribution in [-0.2, 0) is 6.54 Å². The van der Waals surface area contributed by atoms with Gasteiger partial charge in [0.2, 0.25) is 0 Å². The Bertz CT molecular complexity index is 982. The topological polar surface area (TPSA) is 71.2 Å². The zero-order valence-electron chi connectivity index (χ0n) is 13.9. The van der Waals surface area contributed by atoms with E-state index in [9.17, 15) is 9.18 Å². The van der Waals surface area contributed by atoms with Crippen LogP contribution in [0.4, 0.5) is 9.18 Å². The van der Waals surface area contributed by atoms with E-state index in [1.165, 1.54) is 41.7 Å². The molecule has 0 fully saturated rings. The molecule has 0 saturated carbocycles. The van der Waals surface area contributed by atoms with Crippen LogP contribution in [0.3, 0.4) is 0 Å². The fourth-order valence-electron chi connectivity index (χ4n) is 2.23. The summed E-state index contributed by atoms with van der Waals surface area (Å²) in [6.45, 7) is 0.0711. The van der Waals surface area contributed by atoms with Crippen molar-refractivity contribution in [2.75, 3.05) is 7.05 Å². The van der Waals surface area contributed by atoms with Crippen molar-refractivity contribution >= 4 is 41.1 Å². The van der Waals surface area contributed by atoms with E-state index in [4.69, 9.17) is 28.3 Å². The van der Waals surface area contributed by atoms with Crippen LogP contribution in [0.2, 0.25) is 10.2 Å². The van der Waals surface area contributed by atoms with E-state index in [0.29, 0.717) is 26.6 Å². The molecule has 2 aromatic heterocycles. The van der Waals surface area contributed by atoms with Gasteiger partial charge in [-0.2, -0.15) is 5.10 Å². The molecule has 10 heteroatoms. The van der Waals surface area contributed by atoms with E-state index >= 15 is 0 Å². The summed E-state index contributed by atoms with van der Waals surface area (Å²) in [6.07, 6.45) is 0.519. The van der Waals surface area contributed by atoms with Crippen LogP contribution in [0.5, 0.6) is 0 Å². The molecule has 1 N–H and O–H groups in total. The Morgan fingerprint density at radius 1 is 1.30 bits per heavy atom. The minimum absolute atomic E-state index is 0.0711. The highest BCUT2D eigenvalue weighted by Crippen LogP contribution is 2.32. The third-order valence-corrected chi connectivity index (χ3v) is 5.03. The fourth-order valence-corrected chi connectivity index (χ4v) is 3.45. The molecule has 1 aromatic carbocycles. The number of aromatic nitrogens is 3. The second-order valence-electron chi connectivity index (χ2n) is 5.54. The first-order valence-electron chi connectivity index (χ1n) is 7.61. The van der Waals surface area contributed by atoms with Crippen LogP contribution >= 0.6 is 35.0 Å². The number of pyridine rings is 1. The smallest absolute Gasteiger partial charge is 0.407 e. The van der Waals surface area contributed by atoms with Crippen LogP contribution in [0, 0.1) is 5.82 Å². The number of nitrogens with zero attached hydrogens (tertiary/aromatic N) is 4. The minimum atomic E-state index is -1.08. The molecule has 3 rings (SSSR count). The first-order chi connectivity index (χ1) is 12.8. The number of rotatable bonds is 5. The SMILES string of the molecule is CN(Cc1cc(Sc2ccc(Cl)nc2)n(-c2cc(F)ccc2Cl)n1)C(=O)O. The fraction of sp³-hybridized carbons (Fsp3) is 0.118. The highest BCUT2D eigenvalue weighted by Gasteiger charge is 2.17. The zero-order chi connectivity index (χ0) is 19.6. The lowest BCUT2D eigenvalue weighted by atomic mass is 10.3. The average molecular weight is 427 g/mol. The largest absolute Gasteiger partial charge is 0.465 e. The lowest BCUT2D eigenvalue weighted by Crippen LogP contribution is -2.24. The summed E-state index contributed by atoms with van der Waals surface area (Å²) in [6, 6.07) is 9.12. The summed E-state index contributed by atoms with van der Waals surface area (Å²) in [4.78, 5) is 17.0. The van der Waals surface area contributed by atoms with Gasteiger partial charge in [0.25, 0.3) is 0 Å². The van der Waals surface area contributed by atoms with Crippen molar-refractivity contribution in [2.24, 2.45) is 0 Å². The van der Waals surface area contributed by atoms with Crippen LogP contribution in [0.1, 0.15) is 5.69 Å². The summed E-state index contributed by atoms with van der Waals surface area (Å²) in [7, 11) is 1.44. The highest BCUT2D eigenvalue weighted by molar-refractivity contribution is 7.99. The predicted octanol–water partition coefficient (Wildman–Crippen LogP) is 4.97. The Labute approximate surface area is 168 Å². The molecule has 140 valence electrons. The van der Waals surface area contributed by atoms with Gasteiger partial charge in [-0.1, -0.05) is 35.0 Å². The van der Waals surface area contributed by atoms with Crippen molar-refractivity contribution in [1.82, 2.24) is 19.7 Å². The van der Waals surface area contributed by atoms with Gasteiger partial charge < -0.3 is 10.0 Å². The third-order valence-electron chi connectivity index (χ3n) is 3.51. The van der Waals surface area contributed by atoms with Crippen molar-refractivity contribution < 1.29 is 14.3 Å². The van der Waals surface area contributed by atoms with E-state index in [1.807, 2.05) is 0 Å². The molecular weight excluding hydrogens is 414 g/mol. The Morgan fingerprint density at radius 3 is 2.74 bits per heavy atom. The number of benzene rings is 1. The molecule has 0 saturated heterocycles. The van der Waals surface area contributed by atoms with Gasteiger partial charge in [0.05, 0.1) is 22.9 Å². The van der Waals surface area contributed by atoms with Crippen molar-refractivity contribution in [2.45, 2.75) is 16.5 Å². The van der Waals surface area contributed by atoms with Crippen LogP contribution < -0.4 is 0 Å². The monoisotopic (exact) mass is 426 g/mol. The second kappa shape index (κ2) is 8.16. The summed E-state index contributed by atoms with van der Waals surface area (Å²) >= 11 is 13.4. The molecule has 3 aromatic rings. The summed E-state index contributed by atoms with van der Waals surface area (Å²) < 4.78 is 15.2. The molecule has 0 aliphatic rings. The minimum Gasteiger partial charge on any atom is -0.465 e. The normalized spacial score (nSPS) is 10.8. The van der Waals surface area contributed by atoms with Gasteiger partial charge in [0, 0.05) is 24.2 Å². The van der Waals surface area contributed by atoms with E-state index in [-0.39, 0.29) is 6.54 Å². The molecule has 2 heterocycles. The number of hydrogen-bond donors (Lipinski definition) is 1. The van der Waals surface area contributed by atoms with Gasteiger partial charge in [-0.25, -0.2) is 18.9 Å². The third kappa shape index (κ3) is 4.71. The molecule has 0 radical (unpaired) electrons. The van der Waals surface area contributed by atoms with E-state index in [2.05, 4.69) is 10.1 Å². The maximum absolute atomic E-state index is 13.7. The molecule has 27 heavy (non-hydrogen) atoms. The molecule has 6 nitrogen and oxygen atoms in total. The van der Waals surface area contributed by atoms with Crippen molar-refractivity contribution in [3.8, 4) is 5.69 Å². The lowest BCUT2D eigenvalue weighted by molar-refractivity contribution is 0.153. The number of carboxylic acid groups (broad SMARTS) is 1. The highest BCUT2D eigenvalue weighted by atomic mass is 35.5. The Hall–Kier alpha value is -2.29. The molecule has 0 bridgehead atoms. The first-order valence-corrected chi connectivity index (χ1v) is 9.18. The zero-order valence-corrected chi connectivity index (χ0v) is 16.3. The van der Waals surface area contributed by atoms with Gasteiger partial charge in [-0.3, -0.25) is 0 Å². The van der Waals surface area contributed by atoms with Crippen LogP contribution in [-0.4, -0.2) is 37.9 Å². The maximum atomic E-state index is 13.7. The van der Waals surface area contributed by atoms with E-state index < -0.39 is 11.9 Å². The summed E-state index contributed by atoms with van der Waals surface area (Å²) in [5.74, 6) is -0.460. The number of hydrogen-bond acceptors (Lipinski definition) is 4. The van der Waals surface area contributed by atoms with Crippen molar-refractivity contribution in [3.05, 3.63) is 64.3 Å². The quantitative estimate of drug-likeness (QED) is 0.582. The number of carbonyl (C=O) groups is 1. The lowest BCUT2D eigenvalue weighted by Gasteiger charge is -2.10. The van der Waals surface area contributed by atoms with Gasteiger partial charge >= 0.3 is 6.09 Å². The molecular formula is C17H13Cl2FN4O2S. The van der Waals surface area contributed by atoms with Crippen LogP contribution in [0.15, 0.2) is 52.5 Å². The number of halogens is 3. The van der Waals surface area contributed by atoms with Crippen molar-refractivity contribution in [1.29, 1.82) is 0 Å². The summed E-state index contributed by atoms with van der Waals surface area (Å²) in [5, 5.41) is 14.8. The average Bonchev–Trinajstić information content (AvgIpc) is 3.01. The number of amides is 1. The maximum Gasteiger partial charge on any atom is 0.407 e. The van der Waals surface area contributed by atoms with E-state index in [1.54, 1.807) is 24.4 Å². The van der Waals surface area contributed by atoms with E-state index in [0.717, 1.165) is 9.80 Å². The second-order valence-corrected chi connectivity index (χ2v) is 7.43. The Morgan fingerprint density at radius 2 is 2.07 bits per heavy atom. The van der Waals surface area contributed by atoms with Gasteiger partial charge in [0.1, 0.15) is 16.0 Å². The van der Waals surface area contributed by atoms with Gasteiger partial charge in [-0.15, -0.1) is 0 Å².